The molecule has 1 unspecified atom stereocenters. The Morgan fingerprint density at radius 1 is 1.29 bits per heavy atom. The lowest BCUT2D eigenvalue weighted by atomic mass is 10.1. The van der Waals surface area contributed by atoms with Crippen molar-refractivity contribution in [3.8, 4) is 0 Å². The summed E-state index contributed by atoms with van der Waals surface area (Å²) in [6, 6.07) is 4.29. The van der Waals surface area contributed by atoms with E-state index in [1.54, 1.807) is 25.1 Å². The number of rotatable bonds is 6. The van der Waals surface area contributed by atoms with Gasteiger partial charge in [-0.25, -0.2) is 4.98 Å². The lowest BCUT2D eigenvalue weighted by Gasteiger charge is -2.24. The zero-order valence-corrected chi connectivity index (χ0v) is 16.1. The topological polar surface area (TPSA) is 110 Å². The standard InChI is InChI=1S/C20H24N4O4/c1-3-4-5-9-16(25)22-14-8-6-7-13-18(14)20(28)24(12(2)21-13)15-10-11-17(26)23-19(15)27/h6-8,15H,3-5,9-11H2,1-2H3,(H,22,25)(H,23,26,27). The van der Waals surface area contributed by atoms with Gasteiger partial charge in [0.1, 0.15) is 11.9 Å². The maximum absolute atomic E-state index is 13.2. The lowest BCUT2D eigenvalue weighted by molar-refractivity contribution is -0.135. The largest absolute Gasteiger partial charge is 0.325 e. The van der Waals surface area contributed by atoms with E-state index in [1.807, 2.05) is 0 Å². The van der Waals surface area contributed by atoms with Gasteiger partial charge in [0.15, 0.2) is 0 Å². The van der Waals surface area contributed by atoms with Crippen LogP contribution in [0.5, 0.6) is 0 Å². The molecule has 1 saturated heterocycles. The molecule has 0 bridgehead atoms. The van der Waals surface area contributed by atoms with Crippen LogP contribution in [0.1, 0.15) is 57.3 Å². The van der Waals surface area contributed by atoms with Gasteiger partial charge in [0, 0.05) is 12.8 Å². The Labute approximate surface area is 162 Å². The molecule has 1 aromatic heterocycles. The summed E-state index contributed by atoms with van der Waals surface area (Å²) in [6.07, 6.45) is 3.55. The molecule has 2 N–H and O–H groups in total. The Hall–Kier alpha value is -3.03. The third-order valence-corrected chi connectivity index (χ3v) is 4.91. The van der Waals surface area contributed by atoms with Crippen molar-refractivity contribution in [2.24, 2.45) is 0 Å². The second-order valence-electron chi connectivity index (χ2n) is 7.01. The summed E-state index contributed by atoms with van der Waals surface area (Å²) in [5.41, 5.74) is 0.441. The van der Waals surface area contributed by atoms with Crippen LogP contribution in [0.25, 0.3) is 10.9 Å². The summed E-state index contributed by atoms with van der Waals surface area (Å²) in [4.78, 5) is 53.6. The van der Waals surface area contributed by atoms with Crippen LogP contribution in [0.3, 0.4) is 0 Å². The average molecular weight is 384 g/mol. The number of nitrogens with one attached hydrogen (secondary N) is 2. The van der Waals surface area contributed by atoms with Gasteiger partial charge in [0.25, 0.3) is 5.56 Å². The number of piperidine rings is 1. The highest BCUT2D eigenvalue weighted by Gasteiger charge is 2.30. The van der Waals surface area contributed by atoms with Crippen LogP contribution in [0, 0.1) is 6.92 Å². The number of carbonyl (C=O) groups is 3. The fourth-order valence-electron chi connectivity index (χ4n) is 3.50. The minimum absolute atomic E-state index is 0.159. The SMILES string of the molecule is CCCCCC(=O)Nc1cccc2nc(C)n(C3CCC(=O)NC3=O)c(=O)c12. The van der Waals surface area contributed by atoms with E-state index in [-0.39, 0.29) is 30.0 Å². The Bertz CT molecular complexity index is 996. The number of hydrogen-bond donors (Lipinski definition) is 2. The first-order valence-electron chi connectivity index (χ1n) is 9.57. The Morgan fingerprint density at radius 2 is 2.07 bits per heavy atom. The number of benzene rings is 1. The molecule has 148 valence electrons. The Morgan fingerprint density at radius 3 is 2.79 bits per heavy atom. The second-order valence-corrected chi connectivity index (χ2v) is 7.01. The highest BCUT2D eigenvalue weighted by atomic mass is 16.2. The Kier molecular flexibility index (Phi) is 5.87. The molecule has 1 atom stereocenters. The number of hydrogen-bond acceptors (Lipinski definition) is 5. The van der Waals surface area contributed by atoms with E-state index in [4.69, 9.17) is 0 Å². The highest BCUT2D eigenvalue weighted by molar-refractivity contribution is 6.01. The molecule has 3 rings (SSSR count). The molecule has 1 aliphatic rings. The van der Waals surface area contributed by atoms with Gasteiger partial charge in [0.2, 0.25) is 17.7 Å². The molecule has 1 aromatic carbocycles. The van der Waals surface area contributed by atoms with Crippen molar-refractivity contribution in [3.63, 3.8) is 0 Å². The maximum Gasteiger partial charge on any atom is 0.264 e. The number of nitrogens with zero attached hydrogens (tertiary/aromatic N) is 2. The van der Waals surface area contributed by atoms with Gasteiger partial charge in [-0.1, -0.05) is 25.8 Å². The molecular formula is C20H24N4O4. The average Bonchev–Trinajstić information content (AvgIpc) is 2.63. The Balaban J connectivity index is 2.01. The maximum atomic E-state index is 13.2. The van der Waals surface area contributed by atoms with E-state index in [0.29, 0.717) is 23.4 Å². The minimum atomic E-state index is -0.796. The molecule has 2 aromatic rings. The molecule has 1 fully saturated rings. The number of anilines is 1. The normalized spacial score (nSPS) is 16.9. The number of amides is 3. The zero-order valence-electron chi connectivity index (χ0n) is 16.1. The fourth-order valence-corrected chi connectivity index (χ4v) is 3.50. The smallest absolute Gasteiger partial charge is 0.264 e. The van der Waals surface area contributed by atoms with Crippen molar-refractivity contribution >= 4 is 34.3 Å². The van der Waals surface area contributed by atoms with Crippen LogP contribution < -0.4 is 16.2 Å². The van der Waals surface area contributed by atoms with Crippen molar-refractivity contribution in [1.29, 1.82) is 0 Å². The monoisotopic (exact) mass is 384 g/mol. The van der Waals surface area contributed by atoms with Gasteiger partial charge in [-0.3, -0.25) is 29.1 Å². The van der Waals surface area contributed by atoms with Gasteiger partial charge in [-0.15, -0.1) is 0 Å². The van der Waals surface area contributed by atoms with E-state index in [0.717, 1.165) is 19.3 Å². The number of imide groups is 1. The van der Waals surface area contributed by atoms with Gasteiger partial charge in [-0.2, -0.15) is 0 Å². The van der Waals surface area contributed by atoms with Crippen molar-refractivity contribution in [3.05, 3.63) is 34.4 Å². The number of fused-ring (bicyclic) bond motifs is 1. The summed E-state index contributed by atoms with van der Waals surface area (Å²) < 4.78 is 1.32. The molecule has 2 heterocycles. The summed E-state index contributed by atoms with van der Waals surface area (Å²) in [6.45, 7) is 3.72. The number of aryl methyl sites for hydroxylation is 1. The van der Waals surface area contributed by atoms with E-state index < -0.39 is 17.5 Å². The van der Waals surface area contributed by atoms with Crippen LogP contribution in [-0.4, -0.2) is 27.3 Å². The van der Waals surface area contributed by atoms with Crippen LogP contribution in [0.2, 0.25) is 0 Å². The van der Waals surface area contributed by atoms with Gasteiger partial charge < -0.3 is 5.32 Å². The van der Waals surface area contributed by atoms with Gasteiger partial charge >= 0.3 is 0 Å². The molecule has 0 aliphatic carbocycles. The van der Waals surface area contributed by atoms with Crippen LogP contribution >= 0.6 is 0 Å². The third-order valence-electron chi connectivity index (χ3n) is 4.91. The van der Waals surface area contributed by atoms with E-state index in [2.05, 4.69) is 22.5 Å². The fraction of sp³-hybridized carbons (Fsp3) is 0.450. The molecule has 0 spiro atoms. The quantitative estimate of drug-likeness (QED) is 0.586. The first-order chi connectivity index (χ1) is 13.4. The molecule has 3 amide bonds. The van der Waals surface area contributed by atoms with Crippen LogP contribution in [0.15, 0.2) is 23.0 Å². The number of aromatic nitrogens is 2. The number of carbonyl (C=O) groups excluding carboxylic acids is 3. The first-order valence-corrected chi connectivity index (χ1v) is 9.57. The summed E-state index contributed by atoms with van der Waals surface area (Å²) >= 11 is 0. The van der Waals surface area contributed by atoms with Crippen molar-refractivity contribution in [2.45, 2.75) is 58.4 Å². The number of unbranched alkanes of at least 4 members (excludes halogenated alkanes) is 2. The molecule has 0 radical (unpaired) electrons. The predicted octanol–water partition coefficient (Wildman–Crippen LogP) is 2.20. The van der Waals surface area contributed by atoms with Crippen molar-refractivity contribution in [1.82, 2.24) is 14.9 Å². The first kappa shape index (κ1) is 19.7. The minimum Gasteiger partial charge on any atom is -0.325 e. The summed E-state index contributed by atoms with van der Waals surface area (Å²) in [5, 5.41) is 5.34. The zero-order chi connectivity index (χ0) is 20.3. The molecule has 28 heavy (non-hydrogen) atoms. The molecule has 8 nitrogen and oxygen atoms in total. The summed E-state index contributed by atoms with van der Waals surface area (Å²) in [5.74, 6) is -0.628. The van der Waals surface area contributed by atoms with E-state index in [1.165, 1.54) is 4.57 Å². The van der Waals surface area contributed by atoms with Gasteiger partial charge in [-0.05, 0) is 31.9 Å². The van der Waals surface area contributed by atoms with E-state index >= 15 is 0 Å². The second kappa shape index (κ2) is 8.33. The third kappa shape index (κ3) is 3.95. The lowest BCUT2D eigenvalue weighted by Crippen LogP contribution is -2.45. The summed E-state index contributed by atoms with van der Waals surface area (Å²) in [7, 11) is 0. The molecule has 8 heteroatoms. The van der Waals surface area contributed by atoms with Crippen molar-refractivity contribution < 1.29 is 14.4 Å². The highest BCUT2D eigenvalue weighted by Crippen LogP contribution is 2.23. The predicted molar refractivity (Wildman–Crippen MR) is 105 cm³/mol. The van der Waals surface area contributed by atoms with Gasteiger partial charge in [0.05, 0.1) is 16.6 Å². The van der Waals surface area contributed by atoms with E-state index in [9.17, 15) is 19.2 Å². The molecule has 0 saturated carbocycles. The molecular weight excluding hydrogens is 360 g/mol. The van der Waals surface area contributed by atoms with Crippen LogP contribution in [0.4, 0.5) is 5.69 Å². The van der Waals surface area contributed by atoms with Crippen LogP contribution in [-0.2, 0) is 14.4 Å². The molecule has 1 aliphatic heterocycles. The van der Waals surface area contributed by atoms with Crippen molar-refractivity contribution in [2.75, 3.05) is 5.32 Å².